The van der Waals surface area contributed by atoms with E-state index in [2.05, 4.69) is 15.5 Å². The maximum Gasteiger partial charge on any atom is 0.322 e. The molecule has 3 aromatic rings. The van der Waals surface area contributed by atoms with Crippen LogP contribution >= 0.6 is 0 Å². The number of ether oxygens (including phenoxy) is 2. The Hall–Kier alpha value is -3.55. The molecule has 4 rings (SSSR count). The molecule has 2 amide bonds. The molecule has 1 aromatic heterocycles. The molecule has 30 heavy (non-hydrogen) atoms. The Morgan fingerprint density at radius 3 is 2.60 bits per heavy atom. The van der Waals surface area contributed by atoms with Gasteiger partial charge in [0.25, 0.3) is 0 Å². The summed E-state index contributed by atoms with van der Waals surface area (Å²) in [6.45, 7) is 3.17. The van der Waals surface area contributed by atoms with Crippen molar-refractivity contribution in [2.24, 2.45) is 0 Å². The van der Waals surface area contributed by atoms with Gasteiger partial charge in [0.2, 0.25) is 11.7 Å². The standard InChI is InChI=1S/C22H24N4O4/c1-3-29-18-12-8-16(9-13-18)23-22(27)26-14-4-5-19(26)21-24-20(25-30-21)15-6-10-17(28-2)11-7-15/h6-13,19H,3-5,14H2,1-2H3,(H,23,27)/t19-/m0/s1. The lowest BCUT2D eigenvalue weighted by atomic mass is 10.2. The summed E-state index contributed by atoms with van der Waals surface area (Å²) in [4.78, 5) is 19.1. The van der Waals surface area contributed by atoms with E-state index in [0.29, 0.717) is 30.6 Å². The molecular formula is C22H24N4O4. The predicted octanol–water partition coefficient (Wildman–Crippen LogP) is 4.51. The van der Waals surface area contributed by atoms with E-state index in [1.54, 1.807) is 12.0 Å². The fraction of sp³-hybridized carbons (Fsp3) is 0.318. The first-order valence-electron chi connectivity index (χ1n) is 9.96. The highest BCUT2D eigenvalue weighted by molar-refractivity contribution is 5.89. The molecular weight excluding hydrogens is 384 g/mol. The highest BCUT2D eigenvalue weighted by Crippen LogP contribution is 2.33. The second-order valence-corrected chi connectivity index (χ2v) is 6.92. The van der Waals surface area contributed by atoms with E-state index in [4.69, 9.17) is 14.0 Å². The van der Waals surface area contributed by atoms with Gasteiger partial charge < -0.3 is 24.2 Å². The lowest BCUT2D eigenvalue weighted by Gasteiger charge is -2.22. The van der Waals surface area contributed by atoms with Gasteiger partial charge in [0.15, 0.2) is 0 Å². The molecule has 1 atom stereocenters. The predicted molar refractivity (Wildman–Crippen MR) is 112 cm³/mol. The first kappa shape index (κ1) is 19.8. The van der Waals surface area contributed by atoms with Crippen molar-refractivity contribution in [3.63, 3.8) is 0 Å². The Bertz CT molecular complexity index is 985. The van der Waals surface area contributed by atoms with Crippen molar-refractivity contribution in [2.45, 2.75) is 25.8 Å². The number of anilines is 1. The van der Waals surface area contributed by atoms with Crippen LogP contribution in [-0.4, -0.2) is 41.3 Å². The molecule has 2 aromatic carbocycles. The van der Waals surface area contributed by atoms with E-state index in [0.717, 1.165) is 29.9 Å². The molecule has 1 saturated heterocycles. The normalized spacial score (nSPS) is 15.8. The van der Waals surface area contributed by atoms with Crippen molar-refractivity contribution in [1.82, 2.24) is 15.0 Å². The van der Waals surface area contributed by atoms with Gasteiger partial charge in [0, 0.05) is 17.8 Å². The molecule has 8 nitrogen and oxygen atoms in total. The van der Waals surface area contributed by atoms with Gasteiger partial charge in [-0.3, -0.25) is 0 Å². The fourth-order valence-corrected chi connectivity index (χ4v) is 3.49. The average Bonchev–Trinajstić information content (AvgIpc) is 3.45. The Labute approximate surface area is 174 Å². The first-order chi connectivity index (χ1) is 14.7. The van der Waals surface area contributed by atoms with Crippen molar-refractivity contribution >= 4 is 11.7 Å². The molecule has 0 bridgehead atoms. The van der Waals surface area contributed by atoms with E-state index in [9.17, 15) is 4.79 Å². The maximum atomic E-state index is 12.8. The summed E-state index contributed by atoms with van der Waals surface area (Å²) in [5, 5.41) is 7.02. The number of nitrogens with zero attached hydrogens (tertiary/aromatic N) is 3. The van der Waals surface area contributed by atoms with Crippen LogP contribution in [0.15, 0.2) is 53.1 Å². The van der Waals surface area contributed by atoms with Crippen molar-refractivity contribution < 1.29 is 18.8 Å². The largest absolute Gasteiger partial charge is 0.497 e. The molecule has 0 saturated carbocycles. The van der Waals surface area contributed by atoms with Crippen LogP contribution in [0.1, 0.15) is 31.7 Å². The molecule has 0 aliphatic carbocycles. The Kier molecular flexibility index (Phi) is 5.83. The number of benzene rings is 2. The van der Waals surface area contributed by atoms with Crippen molar-refractivity contribution in [1.29, 1.82) is 0 Å². The molecule has 0 spiro atoms. The second-order valence-electron chi connectivity index (χ2n) is 6.92. The van der Waals surface area contributed by atoms with Gasteiger partial charge >= 0.3 is 6.03 Å². The summed E-state index contributed by atoms with van der Waals surface area (Å²) >= 11 is 0. The summed E-state index contributed by atoms with van der Waals surface area (Å²) < 4.78 is 16.1. The first-order valence-corrected chi connectivity index (χ1v) is 9.96. The van der Waals surface area contributed by atoms with Crippen LogP contribution < -0.4 is 14.8 Å². The molecule has 1 fully saturated rings. The average molecular weight is 408 g/mol. The van der Waals surface area contributed by atoms with Crippen LogP contribution in [0.4, 0.5) is 10.5 Å². The van der Waals surface area contributed by atoms with Gasteiger partial charge in [0.05, 0.1) is 13.7 Å². The van der Waals surface area contributed by atoms with Gasteiger partial charge in [0.1, 0.15) is 17.5 Å². The van der Waals surface area contributed by atoms with Crippen LogP contribution in [0.5, 0.6) is 11.5 Å². The topological polar surface area (TPSA) is 89.7 Å². The molecule has 0 radical (unpaired) electrons. The molecule has 156 valence electrons. The molecule has 1 aliphatic rings. The van der Waals surface area contributed by atoms with E-state index in [1.165, 1.54) is 0 Å². The van der Waals surface area contributed by atoms with Crippen LogP contribution in [0.2, 0.25) is 0 Å². The summed E-state index contributed by atoms with van der Waals surface area (Å²) in [6, 6.07) is 14.3. The SMILES string of the molecule is CCOc1ccc(NC(=O)N2CCC[C@H]2c2nc(-c3ccc(OC)cc3)no2)cc1. The van der Waals surface area contributed by atoms with Gasteiger partial charge in [-0.25, -0.2) is 4.79 Å². The van der Waals surface area contributed by atoms with Gasteiger partial charge in [-0.15, -0.1) is 0 Å². The number of nitrogens with one attached hydrogen (secondary N) is 1. The molecule has 1 N–H and O–H groups in total. The number of hydrogen-bond donors (Lipinski definition) is 1. The summed E-state index contributed by atoms with van der Waals surface area (Å²) in [6.07, 6.45) is 1.66. The maximum absolute atomic E-state index is 12.8. The lowest BCUT2D eigenvalue weighted by Crippen LogP contribution is -2.34. The van der Waals surface area contributed by atoms with Gasteiger partial charge in [-0.1, -0.05) is 5.16 Å². The van der Waals surface area contributed by atoms with Crippen molar-refractivity contribution in [3.8, 4) is 22.9 Å². The number of hydrogen-bond acceptors (Lipinski definition) is 6. The zero-order valence-electron chi connectivity index (χ0n) is 17.0. The van der Waals surface area contributed by atoms with E-state index < -0.39 is 0 Å². The number of carbonyl (C=O) groups excluding carboxylic acids is 1. The zero-order chi connectivity index (χ0) is 20.9. The van der Waals surface area contributed by atoms with Crippen LogP contribution in [0, 0.1) is 0 Å². The number of carbonyl (C=O) groups is 1. The fourth-order valence-electron chi connectivity index (χ4n) is 3.49. The number of urea groups is 1. The summed E-state index contributed by atoms with van der Waals surface area (Å²) in [5.41, 5.74) is 1.53. The minimum atomic E-state index is -0.243. The summed E-state index contributed by atoms with van der Waals surface area (Å²) in [7, 11) is 1.62. The van der Waals surface area contributed by atoms with E-state index in [1.807, 2.05) is 55.5 Å². The van der Waals surface area contributed by atoms with E-state index in [-0.39, 0.29) is 12.1 Å². The van der Waals surface area contributed by atoms with Crippen LogP contribution in [0.25, 0.3) is 11.4 Å². The van der Waals surface area contributed by atoms with Gasteiger partial charge in [-0.2, -0.15) is 4.98 Å². The Morgan fingerprint density at radius 2 is 1.90 bits per heavy atom. The Balaban J connectivity index is 1.45. The number of amides is 2. The minimum Gasteiger partial charge on any atom is -0.497 e. The second kappa shape index (κ2) is 8.86. The zero-order valence-corrected chi connectivity index (χ0v) is 17.0. The highest BCUT2D eigenvalue weighted by atomic mass is 16.5. The third kappa shape index (κ3) is 4.22. The van der Waals surface area contributed by atoms with Crippen LogP contribution in [-0.2, 0) is 0 Å². The Morgan fingerprint density at radius 1 is 1.17 bits per heavy atom. The van der Waals surface area contributed by atoms with Crippen molar-refractivity contribution in [2.75, 3.05) is 25.6 Å². The van der Waals surface area contributed by atoms with Crippen LogP contribution in [0.3, 0.4) is 0 Å². The number of methoxy groups -OCH3 is 1. The smallest absolute Gasteiger partial charge is 0.322 e. The molecule has 8 heteroatoms. The highest BCUT2D eigenvalue weighted by Gasteiger charge is 2.34. The molecule has 2 heterocycles. The lowest BCUT2D eigenvalue weighted by molar-refractivity contribution is 0.193. The minimum absolute atomic E-state index is 0.189. The monoisotopic (exact) mass is 408 g/mol. The number of likely N-dealkylation sites (tertiary alicyclic amines) is 1. The molecule has 0 unspecified atom stereocenters. The quantitative estimate of drug-likeness (QED) is 0.645. The molecule has 1 aliphatic heterocycles. The van der Waals surface area contributed by atoms with E-state index >= 15 is 0 Å². The third-order valence-corrected chi connectivity index (χ3v) is 5.01. The number of rotatable bonds is 6. The third-order valence-electron chi connectivity index (χ3n) is 5.01. The van der Waals surface area contributed by atoms with Crippen molar-refractivity contribution in [3.05, 3.63) is 54.4 Å². The van der Waals surface area contributed by atoms with Gasteiger partial charge in [-0.05, 0) is 68.3 Å². The summed E-state index contributed by atoms with van der Waals surface area (Å²) in [5.74, 6) is 2.47. The number of aromatic nitrogens is 2.